The maximum Gasteiger partial charge on any atom is 0.0754 e. The highest BCUT2D eigenvalue weighted by Gasteiger charge is 2.50. The third-order valence-electron chi connectivity index (χ3n) is 11.9. The summed E-state index contributed by atoms with van der Waals surface area (Å²) >= 11 is 0. The van der Waals surface area contributed by atoms with Crippen molar-refractivity contribution in [1.29, 1.82) is 0 Å². The molecule has 2 aliphatic carbocycles. The van der Waals surface area contributed by atoms with Gasteiger partial charge in [0.1, 0.15) is 0 Å². The van der Waals surface area contributed by atoms with Crippen LogP contribution in [-0.4, -0.2) is 16.3 Å². The van der Waals surface area contributed by atoms with Crippen LogP contribution in [0, 0.1) is 11.8 Å². The number of para-hydroxylation sites is 3. The molecule has 2 aliphatic heterocycles. The molecule has 6 aromatic carbocycles. The molecule has 0 radical (unpaired) electrons. The van der Waals surface area contributed by atoms with Crippen molar-refractivity contribution in [2.75, 3.05) is 0 Å². The van der Waals surface area contributed by atoms with E-state index in [0.717, 1.165) is 6.42 Å². The van der Waals surface area contributed by atoms with E-state index < -0.39 is 5.41 Å². The third-order valence-corrected chi connectivity index (χ3v) is 11.9. The van der Waals surface area contributed by atoms with Crippen molar-refractivity contribution in [3.05, 3.63) is 186 Å². The van der Waals surface area contributed by atoms with Gasteiger partial charge in [-0.15, -0.1) is 0 Å². The summed E-state index contributed by atoms with van der Waals surface area (Å²) in [4.78, 5) is 5.20. The van der Waals surface area contributed by atoms with Crippen molar-refractivity contribution in [1.82, 2.24) is 4.57 Å². The van der Waals surface area contributed by atoms with Gasteiger partial charge in [0.25, 0.3) is 0 Å². The van der Waals surface area contributed by atoms with Crippen LogP contribution in [0.2, 0.25) is 0 Å². The minimum atomic E-state index is -0.437. The van der Waals surface area contributed by atoms with E-state index in [-0.39, 0.29) is 6.04 Å². The quantitative estimate of drug-likeness (QED) is 0.182. The lowest BCUT2D eigenvalue weighted by Crippen LogP contribution is -2.33. The number of nitrogens with zero attached hydrogens (tertiary/aromatic N) is 2. The Morgan fingerprint density at radius 3 is 2.20 bits per heavy atom. The van der Waals surface area contributed by atoms with Gasteiger partial charge in [0.2, 0.25) is 0 Å². The van der Waals surface area contributed by atoms with Crippen molar-refractivity contribution < 1.29 is 0 Å². The van der Waals surface area contributed by atoms with Gasteiger partial charge in [-0.1, -0.05) is 146 Å². The molecule has 4 atom stereocenters. The monoisotopic (exact) mass is 626 g/mol. The molecule has 0 amide bonds. The second-order valence-electron chi connectivity index (χ2n) is 14.3. The van der Waals surface area contributed by atoms with Gasteiger partial charge in [-0.2, -0.15) is 0 Å². The van der Waals surface area contributed by atoms with Gasteiger partial charge < -0.3 is 4.57 Å². The molecule has 1 aromatic heterocycles. The molecule has 2 nitrogen and oxygen atoms in total. The van der Waals surface area contributed by atoms with Crippen LogP contribution in [0.25, 0.3) is 49.7 Å². The number of rotatable bonds is 2. The Hall–Kier alpha value is -5.73. The molecule has 1 spiro atoms. The maximum atomic E-state index is 5.20. The van der Waals surface area contributed by atoms with E-state index in [9.17, 15) is 0 Å². The summed E-state index contributed by atoms with van der Waals surface area (Å²) in [7, 11) is 0. The molecule has 0 fully saturated rings. The first-order valence-corrected chi connectivity index (χ1v) is 17.6. The number of fused-ring (bicyclic) bond motifs is 13. The van der Waals surface area contributed by atoms with Crippen molar-refractivity contribution in [3.8, 4) is 27.9 Å². The first-order chi connectivity index (χ1) is 24.2. The van der Waals surface area contributed by atoms with E-state index in [1.165, 1.54) is 83.3 Å². The summed E-state index contributed by atoms with van der Waals surface area (Å²) in [5.74, 6) is 1.09. The highest BCUT2D eigenvalue weighted by Crippen LogP contribution is 2.61. The number of allylic oxidation sites excluding steroid dienone is 2. The van der Waals surface area contributed by atoms with Crippen molar-refractivity contribution >= 4 is 27.5 Å². The van der Waals surface area contributed by atoms with Crippen LogP contribution in [0.4, 0.5) is 0 Å². The summed E-state index contributed by atoms with van der Waals surface area (Å²) in [6, 6.07) is 50.6. The Morgan fingerprint density at radius 1 is 0.592 bits per heavy atom. The number of aliphatic imine (C=N–C) groups is 1. The summed E-state index contributed by atoms with van der Waals surface area (Å²) in [5.41, 5.74) is 16.4. The molecule has 2 heteroatoms. The van der Waals surface area contributed by atoms with Crippen LogP contribution >= 0.6 is 0 Å². The molecule has 3 heterocycles. The predicted octanol–water partition coefficient (Wildman–Crippen LogP) is 11.1. The molecule has 0 saturated heterocycles. The van der Waals surface area contributed by atoms with Gasteiger partial charge in [-0.05, 0) is 80.6 Å². The maximum absolute atomic E-state index is 5.20. The minimum Gasteiger partial charge on any atom is -0.309 e. The Morgan fingerprint density at radius 2 is 1.29 bits per heavy atom. The molecule has 7 aromatic rings. The summed E-state index contributed by atoms with van der Waals surface area (Å²) < 4.78 is 2.51. The average molecular weight is 627 g/mol. The fourth-order valence-corrected chi connectivity index (χ4v) is 9.73. The van der Waals surface area contributed by atoms with E-state index in [0.29, 0.717) is 11.8 Å². The van der Waals surface area contributed by atoms with Crippen molar-refractivity contribution in [3.63, 3.8) is 0 Å². The molecule has 0 N–H and O–H groups in total. The van der Waals surface area contributed by atoms with Crippen molar-refractivity contribution in [2.45, 2.75) is 24.8 Å². The van der Waals surface area contributed by atoms with Crippen LogP contribution < -0.4 is 0 Å². The molecule has 49 heavy (non-hydrogen) atoms. The zero-order chi connectivity index (χ0) is 32.3. The molecular formula is C47H34N2. The van der Waals surface area contributed by atoms with Gasteiger partial charge in [0.05, 0.1) is 28.2 Å². The first kappa shape index (κ1) is 27.2. The molecule has 4 aliphatic rings. The molecule has 0 bridgehead atoms. The molecule has 232 valence electrons. The van der Waals surface area contributed by atoms with Gasteiger partial charge >= 0.3 is 0 Å². The van der Waals surface area contributed by atoms with Crippen molar-refractivity contribution in [2.24, 2.45) is 16.8 Å². The average Bonchev–Trinajstić information content (AvgIpc) is 3.65. The highest BCUT2D eigenvalue weighted by atomic mass is 15.0. The zero-order valence-corrected chi connectivity index (χ0v) is 27.3. The Labute approximate surface area is 286 Å². The van der Waals surface area contributed by atoms with E-state index in [1.54, 1.807) is 0 Å². The second-order valence-corrected chi connectivity index (χ2v) is 14.3. The number of benzene rings is 6. The second kappa shape index (κ2) is 9.90. The molecule has 0 saturated carbocycles. The third kappa shape index (κ3) is 3.53. The van der Waals surface area contributed by atoms with Gasteiger partial charge in [0, 0.05) is 22.4 Å². The van der Waals surface area contributed by atoms with E-state index in [1.807, 2.05) is 0 Å². The SMILES string of the molecule is CC1CC(c2ccc(-c3ccc4c(c3)C3(c5ccccc5-4)c4ccccc4-n4c5ccccc5c5cccc3c54)cc2)=NC2C=CC=CC12. The molecule has 4 unspecified atom stereocenters. The number of hydrogen-bond donors (Lipinski definition) is 0. The standard InChI is InChI=1S/C47H34N2/c1-29-27-43(48-42-18-7-3-11-33(29)42)31-23-21-30(22-24-31)32-25-26-35-34-12-2-5-15-38(34)47(41(35)28-32)39-16-6-9-20-45(39)49-44-19-8-4-13-36(44)37-14-10-17-40(47)46(37)49/h2-26,28-29,33,42H,27H2,1H3. The van der Waals surface area contributed by atoms with E-state index in [2.05, 4.69) is 169 Å². The van der Waals surface area contributed by atoms with Gasteiger partial charge in [0.15, 0.2) is 0 Å². The lowest BCUT2D eigenvalue weighted by molar-refractivity contribution is 0.387. The number of hydrogen-bond acceptors (Lipinski definition) is 1. The zero-order valence-electron chi connectivity index (χ0n) is 27.3. The summed E-state index contributed by atoms with van der Waals surface area (Å²) in [5, 5.41) is 2.61. The predicted molar refractivity (Wildman–Crippen MR) is 203 cm³/mol. The largest absolute Gasteiger partial charge is 0.309 e. The summed E-state index contributed by atoms with van der Waals surface area (Å²) in [6.07, 6.45) is 9.93. The summed E-state index contributed by atoms with van der Waals surface area (Å²) in [6.45, 7) is 2.37. The number of aromatic nitrogens is 1. The Bertz CT molecular complexity index is 2610. The Kier molecular flexibility index (Phi) is 5.51. The fourth-order valence-electron chi connectivity index (χ4n) is 9.73. The molecule has 11 rings (SSSR count). The van der Waals surface area contributed by atoms with Gasteiger partial charge in [-0.3, -0.25) is 4.99 Å². The van der Waals surface area contributed by atoms with Crippen LogP contribution in [0.3, 0.4) is 0 Å². The highest BCUT2D eigenvalue weighted by molar-refractivity contribution is 6.13. The van der Waals surface area contributed by atoms with Gasteiger partial charge in [-0.25, -0.2) is 0 Å². The van der Waals surface area contributed by atoms with Crippen LogP contribution in [0.15, 0.2) is 163 Å². The lowest BCUT2D eigenvalue weighted by atomic mass is 9.65. The Balaban J connectivity index is 1.12. The minimum absolute atomic E-state index is 0.250. The van der Waals surface area contributed by atoms with E-state index in [4.69, 9.17) is 4.99 Å². The first-order valence-electron chi connectivity index (χ1n) is 17.6. The fraction of sp³-hybridized carbons (Fsp3) is 0.128. The normalized spacial score (nSPS) is 22.6. The lowest BCUT2D eigenvalue weighted by Gasteiger charge is -2.39. The van der Waals surface area contributed by atoms with E-state index >= 15 is 0 Å². The van der Waals surface area contributed by atoms with Crippen LogP contribution in [0.5, 0.6) is 0 Å². The topological polar surface area (TPSA) is 17.3 Å². The van der Waals surface area contributed by atoms with Crippen LogP contribution in [-0.2, 0) is 5.41 Å². The smallest absolute Gasteiger partial charge is 0.0754 e. The molecular weight excluding hydrogens is 593 g/mol. The van der Waals surface area contributed by atoms with Crippen LogP contribution in [0.1, 0.15) is 41.2 Å².